The van der Waals surface area contributed by atoms with Gasteiger partial charge in [0.15, 0.2) is 0 Å². The standard InChI is InChI=1S/C12H15N3S/c1-8-5-6-15-12(13)10(8)11(14-2)9-4-3-7-16-9/h3-7,11,14H,1-2H3,(H2,13,15). The Bertz CT molecular complexity index is 445. The van der Waals surface area contributed by atoms with Gasteiger partial charge in [-0.3, -0.25) is 0 Å². The Morgan fingerprint density at radius 2 is 2.25 bits per heavy atom. The third-order valence-corrected chi connectivity index (χ3v) is 3.58. The van der Waals surface area contributed by atoms with Crippen LogP contribution in [0.4, 0.5) is 5.82 Å². The Kier molecular flexibility index (Phi) is 3.22. The smallest absolute Gasteiger partial charge is 0.128 e. The van der Waals surface area contributed by atoms with Crippen molar-refractivity contribution < 1.29 is 0 Å². The van der Waals surface area contributed by atoms with Crippen LogP contribution in [0.5, 0.6) is 0 Å². The molecule has 3 nitrogen and oxygen atoms in total. The molecular weight excluding hydrogens is 218 g/mol. The minimum Gasteiger partial charge on any atom is -0.383 e. The van der Waals surface area contributed by atoms with E-state index < -0.39 is 0 Å². The molecule has 0 saturated heterocycles. The van der Waals surface area contributed by atoms with E-state index in [2.05, 4.69) is 28.7 Å². The van der Waals surface area contributed by atoms with Crippen LogP contribution >= 0.6 is 11.3 Å². The summed E-state index contributed by atoms with van der Waals surface area (Å²) in [7, 11) is 1.94. The average molecular weight is 233 g/mol. The number of nitrogens with one attached hydrogen (secondary N) is 1. The predicted octanol–water partition coefficient (Wildman–Crippen LogP) is 2.34. The summed E-state index contributed by atoms with van der Waals surface area (Å²) in [6.07, 6.45) is 1.75. The molecule has 0 spiro atoms. The van der Waals surface area contributed by atoms with E-state index in [1.165, 1.54) is 10.4 Å². The molecule has 2 aromatic heterocycles. The van der Waals surface area contributed by atoms with E-state index in [4.69, 9.17) is 5.73 Å². The number of rotatable bonds is 3. The second-order valence-electron chi connectivity index (χ2n) is 3.66. The SMILES string of the molecule is CNC(c1cccs1)c1c(C)ccnc1N. The van der Waals surface area contributed by atoms with E-state index in [-0.39, 0.29) is 6.04 Å². The summed E-state index contributed by atoms with van der Waals surface area (Å²) in [6.45, 7) is 2.06. The number of nitrogens with zero attached hydrogens (tertiary/aromatic N) is 1. The number of nitrogens with two attached hydrogens (primary N) is 1. The summed E-state index contributed by atoms with van der Waals surface area (Å²) in [5, 5.41) is 5.36. The molecule has 16 heavy (non-hydrogen) atoms. The minimum atomic E-state index is 0.133. The third-order valence-electron chi connectivity index (χ3n) is 2.64. The zero-order chi connectivity index (χ0) is 11.5. The Balaban J connectivity index is 2.49. The molecule has 0 bridgehead atoms. The first-order valence-electron chi connectivity index (χ1n) is 5.15. The predicted molar refractivity (Wildman–Crippen MR) is 68.6 cm³/mol. The molecule has 2 rings (SSSR count). The highest BCUT2D eigenvalue weighted by Gasteiger charge is 2.18. The van der Waals surface area contributed by atoms with Crippen LogP contribution in [0.15, 0.2) is 29.8 Å². The molecule has 0 radical (unpaired) electrons. The fourth-order valence-corrected chi connectivity index (χ4v) is 2.69. The first kappa shape index (κ1) is 11.1. The molecule has 84 valence electrons. The molecule has 0 aliphatic rings. The lowest BCUT2D eigenvalue weighted by Gasteiger charge is -2.18. The summed E-state index contributed by atoms with van der Waals surface area (Å²) < 4.78 is 0. The van der Waals surface area contributed by atoms with Crippen molar-refractivity contribution in [2.75, 3.05) is 12.8 Å². The number of hydrogen-bond donors (Lipinski definition) is 2. The van der Waals surface area contributed by atoms with Gasteiger partial charge in [-0.1, -0.05) is 6.07 Å². The molecule has 0 fully saturated rings. The lowest BCUT2D eigenvalue weighted by molar-refractivity contribution is 0.699. The quantitative estimate of drug-likeness (QED) is 0.855. The number of aromatic nitrogens is 1. The van der Waals surface area contributed by atoms with Crippen molar-refractivity contribution in [1.82, 2.24) is 10.3 Å². The Morgan fingerprint density at radius 3 is 2.81 bits per heavy atom. The van der Waals surface area contributed by atoms with Crippen molar-refractivity contribution >= 4 is 17.2 Å². The zero-order valence-corrected chi connectivity index (χ0v) is 10.2. The highest BCUT2D eigenvalue weighted by Crippen LogP contribution is 2.30. The monoisotopic (exact) mass is 233 g/mol. The van der Waals surface area contributed by atoms with E-state index in [1.807, 2.05) is 19.2 Å². The Morgan fingerprint density at radius 1 is 1.44 bits per heavy atom. The van der Waals surface area contributed by atoms with Gasteiger partial charge in [0.1, 0.15) is 5.82 Å². The zero-order valence-electron chi connectivity index (χ0n) is 9.40. The summed E-state index contributed by atoms with van der Waals surface area (Å²) in [5.74, 6) is 0.604. The molecular formula is C12H15N3S. The first-order chi connectivity index (χ1) is 7.74. The van der Waals surface area contributed by atoms with Gasteiger partial charge in [0, 0.05) is 16.6 Å². The number of thiophene rings is 1. The number of nitrogen functional groups attached to an aromatic ring is 1. The van der Waals surface area contributed by atoms with Gasteiger partial charge in [-0.2, -0.15) is 0 Å². The van der Waals surface area contributed by atoms with E-state index in [0.717, 1.165) is 5.56 Å². The molecule has 0 saturated carbocycles. The summed E-state index contributed by atoms with van der Waals surface area (Å²) in [6, 6.07) is 6.28. The summed E-state index contributed by atoms with van der Waals surface area (Å²) >= 11 is 1.72. The van der Waals surface area contributed by atoms with Gasteiger partial charge in [-0.25, -0.2) is 4.98 Å². The maximum atomic E-state index is 5.96. The fourth-order valence-electron chi connectivity index (χ4n) is 1.85. The Labute approximate surface area is 99.3 Å². The number of hydrogen-bond acceptors (Lipinski definition) is 4. The molecule has 4 heteroatoms. The average Bonchev–Trinajstić information content (AvgIpc) is 2.77. The maximum absolute atomic E-state index is 5.96. The normalized spacial score (nSPS) is 12.6. The number of pyridine rings is 1. The van der Waals surface area contributed by atoms with Crippen LogP contribution in [0.25, 0.3) is 0 Å². The molecule has 0 aliphatic heterocycles. The van der Waals surface area contributed by atoms with Gasteiger partial charge in [0.25, 0.3) is 0 Å². The molecule has 0 aliphatic carbocycles. The van der Waals surface area contributed by atoms with Gasteiger partial charge >= 0.3 is 0 Å². The van der Waals surface area contributed by atoms with Crippen molar-refractivity contribution in [2.24, 2.45) is 0 Å². The summed E-state index contributed by atoms with van der Waals surface area (Å²) in [4.78, 5) is 5.42. The first-order valence-corrected chi connectivity index (χ1v) is 6.03. The Hall–Kier alpha value is -1.39. The van der Waals surface area contributed by atoms with Gasteiger partial charge in [0.05, 0.1) is 6.04 Å². The van der Waals surface area contributed by atoms with Gasteiger partial charge in [-0.05, 0) is 37.0 Å². The molecule has 2 heterocycles. The van der Waals surface area contributed by atoms with Gasteiger partial charge in [0.2, 0.25) is 0 Å². The molecule has 1 unspecified atom stereocenters. The maximum Gasteiger partial charge on any atom is 0.128 e. The number of anilines is 1. The largest absolute Gasteiger partial charge is 0.383 e. The molecule has 0 aromatic carbocycles. The van der Waals surface area contributed by atoms with Gasteiger partial charge < -0.3 is 11.1 Å². The lowest BCUT2D eigenvalue weighted by atomic mass is 10.0. The van der Waals surface area contributed by atoms with E-state index in [1.54, 1.807) is 17.5 Å². The molecule has 2 aromatic rings. The topological polar surface area (TPSA) is 50.9 Å². The fraction of sp³-hybridized carbons (Fsp3) is 0.250. The molecule has 0 amide bonds. The van der Waals surface area contributed by atoms with Crippen LogP contribution in [0.3, 0.4) is 0 Å². The van der Waals surface area contributed by atoms with Crippen LogP contribution in [0, 0.1) is 6.92 Å². The van der Waals surface area contributed by atoms with Crippen LogP contribution in [-0.2, 0) is 0 Å². The van der Waals surface area contributed by atoms with E-state index in [0.29, 0.717) is 5.82 Å². The second-order valence-corrected chi connectivity index (χ2v) is 4.64. The summed E-state index contributed by atoms with van der Waals surface area (Å²) in [5.41, 5.74) is 8.20. The second kappa shape index (κ2) is 4.63. The van der Waals surface area contributed by atoms with Crippen molar-refractivity contribution in [3.05, 3.63) is 45.8 Å². The van der Waals surface area contributed by atoms with Crippen LogP contribution < -0.4 is 11.1 Å². The third kappa shape index (κ3) is 1.94. The molecule has 1 atom stereocenters. The molecule has 3 N–H and O–H groups in total. The van der Waals surface area contributed by atoms with Crippen LogP contribution in [0.2, 0.25) is 0 Å². The van der Waals surface area contributed by atoms with Crippen LogP contribution in [-0.4, -0.2) is 12.0 Å². The lowest BCUT2D eigenvalue weighted by Crippen LogP contribution is -2.19. The van der Waals surface area contributed by atoms with E-state index >= 15 is 0 Å². The van der Waals surface area contributed by atoms with Crippen molar-refractivity contribution in [1.29, 1.82) is 0 Å². The highest BCUT2D eigenvalue weighted by atomic mass is 32.1. The van der Waals surface area contributed by atoms with Crippen molar-refractivity contribution in [3.63, 3.8) is 0 Å². The van der Waals surface area contributed by atoms with E-state index in [9.17, 15) is 0 Å². The number of aryl methyl sites for hydroxylation is 1. The van der Waals surface area contributed by atoms with Crippen molar-refractivity contribution in [3.8, 4) is 0 Å². The van der Waals surface area contributed by atoms with Crippen LogP contribution in [0.1, 0.15) is 22.0 Å². The highest BCUT2D eigenvalue weighted by molar-refractivity contribution is 7.10. The van der Waals surface area contributed by atoms with Gasteiger partial charge in [-0.15, -0.1) is 11.3 Å². The van der Waals surface area contributed by atoms with Crippen molar-refractivity contribution in [2.45, 2.75) is 13.0 Å². The minimum absolute atomic E-state index is 0.133.